The predicted molar refractivity (Wildman–Crippen MR) is 135 cm³/mol. The zero-order valence-corrected chi connectivity index (χ0v) is 22.4. The summed E-state index contributed by atoms with van der Waals surface area (Å²) >= 11 is 6.38. The average molecular weight is 530 g/mol. The first-order chi connectivity index (χ1) is 16.8. The topological polar surface area (TPSA) is 71.4 Å². The highest BCUT2D eigenvalue weighted by Crippen LogP contribution is 2.38. The molecule has 0 unspecified atom stereocenters. The number of carbonyl (C=O) groups excluding carboxylic acids is 1. The number of nitrogens with zero attached hydrogens (tertiary/aromatic N) is 3. The monoisotopic (exact) mass is 529 g/mol. The number of hydrogen-bond acceptors (Lipinski definition) is 5. The third-order valence-corrected chi connectivity index (χ3v) is 7.53. The smallest absolute Gasteiger partial charge is 0.435 e. The normalized spacial score (nSPS) is 20.5. The van der Waals surface area contributed by atoms with E-state index in [1.807, 2.05) is 6.92 Å². The lowest BCUT2D eigenvalue weighted by molar-refractivity contribution is -0.142. The fraction of sp³-hybridized carbons (Fsp3) is 0.600. The minimum atomic E-state index is -4.68. The number of nitrogens with one attached hydrogen (secondary N) is 2. The van der Waals surface area contributed by atoms with Gasteiger partial charge in [0.25, 0.3) is 5.91 Å². The van der Waals surface area contributed by atoms with Gasteiger partial charge in [0.15, 0.2) is 5.69 Å². The lowest BCUT2D eigenvalue weighted by atomic mass is 9.77. The quantitative estimate of drug-likeness (QED) is 0.479. The molecular weight excluding hydrogens is 495 g/mol. The Hall–Kier alpha value is -2.46. The molecular formula is C25H35ClF3N5O2. The summed E-state index contributed by atoms with van der Waals surface area (Å²) in [5, 5.41) is 10.2. The summed E-state index contributed by atoms with van der Waals surface area (Å²) < 4.78 is 46.6. The molecule has 0 atom stereocenters. The molecule has 1 fully saturated rings. The highest BCUT2D eigenvalue weighted by molar-refractivity contribution is 6.31. The van der Waals surface area contributed by atoms with Gasteiger partial charge in [-0.1, -0.05) is 18.5 Å². The van der Waals surface area contributed by atoms with Crippen molar-refractivity contribution in [3.63, 3.8) is 0 Å². The van der Waals surface area contributed by atoms with Crippen LogP contribution >= 0.6 is 11.6 Å². The first-order valence-corrected chi connectivity index (χ1v) is 12.4. The summed E-state index contributed by atoms with van der Waals surface area (Å²) in [5.41, 5.74) is 0.309. The Kier molecular flexibility index (Phi) is 8.50. The van der Waals surface area contributed by atoms with Gasteiger partial charge in [0, 0.05) is 34.9 Å². The van der Waals surface area contributed by atoms with Crippen molar-refractivity contribution in [1.29, 1.82) is 0 Å². The fourth-order valence-electron chi connectivity index (χ4n) is 5.03. The van der Waals surface area contributed by atoms with Gasteiger partial charge in [0.05, 0.1) is 19.2 Å². The van der Waals surface area contributed by atoms with Gasteiger partial charge in [0.2, 0.25) is 5.88 Å². The van der Waals surface area contributed by atoms with Crippen LogP contribution in [0.3, 0.4) is 0 Å². The number of methoxy groups -OCH3 is 1. The highest BCUT2D eigenvalue weighted by atomic mass is 35.5. The first-order valence-electron chi connectivity index (χ1n) is 12.0. The fourth-order valence-corrected chi connectivity index (χ4v) is 5.25. The third-order valence-electron chi connectivity index (χ3n) is 7.31. The SMILES string of the molecule is CC[C@]1(Nc2cc(Cl)cc(C(=O)NCc3c(C(F)(F)F)nn(C)c3OC)c2C)CC[C@@H](N(C)C)CC1. The molecule has 0 spiro atoms. The van der Waals surface area contributed by atoms with Crippen LogP contribution in [-0.4, -0.2) is 53.4 Å². The molecule has 2 aromatic rings. The minimum Gasteiger partial charge on any atom is -0.481 e. The predicted octanol–water partition coefficient (Wildman–Crippen LogP) is 5.40. The van der Waals surface area contributed by atoms with E-state index in [1.54, 1.807) is 6.07 Å². The van der Waals surface area contributed by atoms with Crippen LogP contribution in [0, 0.1) is 6.92 Å². The average Bonchev–Trinajstić information content (AvgIpc) is 3.15. The summed E-state index contributed by atoms with van der Waals surface area (Å²) in [4.78, 5) is 15.4. The second-order valence-electron chi connectivity index (χ2n) is 9.72. The van der Waals surface area contributed by atoms with E-state index in [0.29, 0.717) is 22.2 Å². The molecule has 1 amide bonds. The van der Waals surface area contributed by atoms with Crippen molar-refractivity contribution in [2.45, 2.75) is 70.3 Å². The van der Waals surface area contributed by atoms with Crippen molar-refractivity contribution >= 4 is 23.2 Å². The Bertz CT molecular complexity index is 1090. The number of ether oxygens (including phenoxy) is 1. The Morgan fingerprint density at radius 3 is 2.47 bits per heavy atom. The molecule has 1 aliphatic carbocycles. The van der Waals surface area contributed by atoms with Gasteiger partial charge in [0.1, 0.15) is 0 Å². The lowest BCUT2D eigenvalue weighted by Gasteiger charge is -2.43. The van der Waals surface area contributed by atoms with Gasteiger partial charge in [-0.05, 0) is 70.8 Å². The van der Waals surface area contributed by atoms with Crippen molar-refractivity contribution in [2.24, 2.45) is 7.05 Å². The Balaban J connectivity index is 1.83. The van der Waals surface area contributed by atoms with Crippen molar-refractivity contribution in [3.05, 3.63) is 39.5 Å². The number of halogens is 4. The molecule has 200 valence electrons. The molecule has 11 heteroatoms. The van der Waals surface area contributed by atoms with E-state index < -0.39 is 24.3 Å². The van der Waals surface area contributed by atoms with Crippen LogP contribution < -0.4 is 15.4 Å². The number of aromatic nitrogens is 2. The molecule has 1 aromatic heterocycles. The zero-order chi connectivity index (χ0) is 26.8. The van der Waals surface area contributed by atoms with Crippen molar-refractivity contribution in [1.82, 2.24) is 20.0 Å². The second kappa shape index (κ2) is 10.9. The molecule has 0 radical (unpaired) electrons. The summed E-state index contributed by atoms with van der Waals surface area (Å²) in [6, 6.07) is 3.87. The lowest BCUT2D eigenvalue weighted by Crippen LogP contribution is -2.45. The number of amides is 1. The number of alkyl halides is 3. The van der Waals surface area contributed by atoms with E-state index >= 15 is 0 Å². The van der Waals surface area contributed by atoms with Crippen LogP contribution in [-0.2, 0) is 19.8 Å². The molecule has 3 rings (SSSR count). The van der Waals surface area contributed by atoms with Crippen LogP contribution in [0.15, 0.2) is 12.1 Å². The first kappa shape index (κ1) is 28.1. The van der Waals surface area contributed by atoms with Crippen LogP contribution in [0.5, 0.6) is 5.88 Å². The van der Waals surface area contributed by atoms with Crippen molar-refractivity contribution in [3.8, 4) is 5.88 Å². The molecule has 0 saturated heterocycles. The number of aryl methyl sites for hydroxylation is 1. The van der Waals surface area contributed by atoms with E-state index in [9.17, 15) is 18.0 Å². The molecule has 2 N–H and O–H groups in total. The standard InChI is InChI=1S/C25H35ClF3N5O2/c1-7-24(10-8-17(9-11-24)33(3)4)31-20-13-16(26)12-18(15(20)2)22(35)30-14-19-21(25(27,28)29)32-34(5)23(19)36-6/h12-13,17,31H,7-11,14H2,1-6H3,(H,30,35)/t17-,24+. The largest absolute Gasteiger partial charge is 0.481 e. The number of benzene rings is 1. The maximum Gasteiger partial charge on any atom is 0.435 e. The third kappa shape index (κ3) is 5.91. The number of rotatable bonds is 8. The van der Waals surface area contributed by atoms with E-state index in [2.05, 4.69) is 41.7 Å². The van der Waals surface area contributed by atoms with Gasteiger partial charge in [-0.25, -0.2) is 4.68 Å². The molecule has 1 heterocycles. The Labute approximate surface area is 215 Å². The molecule has 1 saturated carbocycles. The van der Waals surface area contributed by atoms with Crippen LogP contribution in [0.1, 0.15) is 66.2 Å². The van der Waals surface area contributed by atoms with Gasteiger partial charge < -0.3 is 20.3 Å². The zero-order valence-electron chi connectivity index (χ0n) is 21.6. The molecule has 0 aliphatic heterocycles. The minimum absolute atomic E-state index is 0.0639. The summed E-state index contributed by atoms with van der Waals surface area (Å²) in [5.74, 6) is -0.593. The number of hydrogen-bond donors (Lipinski definition) is 2. The van der Waals surface area contributed by atoms with Crippen LogP contribution in [0.4, 0.5) is 18.9 Å². The van der Waals surface area contributed by atoms with E-state index in [-0.39, 0.29) is 17.0 Å². The number of carbonyl (C=O) groups is 1. The highest BCUT2D eigenvalue weighted by Gasteiger charge is 2.39. The van der Waals surface area contributed by atoms with E-state index in [4.69, 9.17) is 16.3 Å². The molecule has 0 bridgehead atoms. The van der Waals surface area contributed by atoms with Gasteiger partial charge in [-0.2, -0.15) is 18.3 Å². The molecule has 1 aromatic carbocycles. The van der Waals surface area contributed by atoms with Crippen molar-refractivity contribution in [2.75, 3.05) is 26.5 Å². The molecule has 7 nitrogen and oxygen atoms in total. The van der Waals surface area contributed by atoms with Gasteiger partial charge >= 0.3 is 6.18 Å². The summed E-state index contributed by atoms with van der Waals surface area (Å²) in [7, 11) is 6.81. The Morgan fingerprint density at radius 2 is 1.94 bits per heavy atom. The summed E-state index contributed by atoms with van der Waals surface area (Å²) in [6.45, 7) is 3.56. The molecule has 1 aliphatic rings. The second-order valence-corrected chi connectivity index (χ2v) is 10.2. The maximum atomic E-state index is 13.5. The Morgan fingerprint density at radius 1 is 1.31 bits per heavy atom. The van der Waals surface area contributed by atoms with Crippen molar-refractivity contribution < 1.29 is 22.7 Å². The van der Waals surface area contributed by atoms with Crippen LogP contribution in [0.25, 0.3) is 0 Å². The van der Waals surface area contributed by atoms with Gasteiger partial charge in [-0.3, -0.25) is 4.79 Å². The van der Waals surface area contributed by atoms with Gasteiger partial charge in [-0.15, -0.1) is 0 Å². The maximum absolute atomic E-state index is 13.5. The van der Waals surface area contributed by atoms with Crippen LogP contribution in [0.2, 0.25) is 5.02 Å². The number of anilines is 1. The molecule has 36 heavy (non-hydrogen) atoms. The van der Waals surface area contributed by atoms with E-state index in [1.165, 1.54) is 20.2 Å². The summed E-state index contributed by atoms with van der Waals surface area (Å²) in [6.07, 6.45) is 0.339. The van der Waals surface area contributed by atoms with E-state index in [0.717, 1.165) is 42.5 Å².